The van der Waals surface area contributed by atoms with Crippen LogP contribution in [0, 0.1) is 0 Å². The second-order valence-electron chi connectivity index (χ2n) is 6.28. The summed E-state index contributed by atoms with van der Waals surface area (Å²) in [5.74, 6) is 1.87. The van der Waals surface area contributed by atoms with Gasteiger partial charge in [0.25, 0.3) is 0 Å². The van der Waals surface area contributed by atoms with Crippen LogP contribution in [-0.2, 0) is 11.8 Å². The van der Waals surface area contributed by atoms with Gasteiger partial charge in [0.1, 0.15) is 18.0 Å². The molecule has 2 aromatic carbocycles. The van der Waals surface area contributed by atoms with E-state index in [1.807, 2.05) is 60.1 Å². The van der Waals surface area contributed by atoms with Gasteiger partial charge >= 0.3 is 0 Å². The lowest BCUT2D eigenvalue weighted by Crippen LogP contribution is -2.05. The van der Waals surface area contributed by atoms with E-state index in [4.69, 9.17) is 0 Å². The third kappa shape index (κ3) is 3.75. The quantitative estimate of drug-likeness (QED) is 0.492. The highest BCUT2D eigenvalue weighted by atomic mass is 16.1. The Balaban J connectivity index is 1.51. The van der Waals surface area contributed by atoms with Gasteiger partial charge < -0.3 is 20.5 Å². The Morgan fingerprint density at radius 2 is 1.61 bits per heavy atom. The number of hydrogen-bond acceptors (Lipinski definition) is 6. The van der Waals surface area contributed by atoms with Gasteiger partial charge in [0.2, 0.25) is 11.9 Å². The van der Waals surface area contributed by atoms with Gasteiger partial charge in [0.05, 0.1) is 11.0 Å². The van der Waals surface area contributed by atoms with E-state index < -0.39 is 0 Å². The highest BCUT2D eigenvalue weighted by molar-refractivity contribution is 5.88. The molecule has 0 saturated carbocycles. The van der Waals surface area contributed by atoms with Crippen molar-refractivity contribution in [2.45, 2.75) is 6.92 Å². The maximum absolute atomic E-state index is 11.1. The van der Waals surface area contributed by atoms with Crippen LogP contribution in [0.2, 0.25) is 0 Å². The van der Waals surface area contributed by atoms with E-state index in [0.29, 0.717) is 17.6 Å². The van der Waals surface area contributed by atoms with Gasteiger partial charge in [-0.2, -0.15) is 0 Å². The summed E-state index contributed by atoms with van der Waals surface area (Å²) >= 11 is 0. The molecule has 140 valence electrons. The SMILES string of the molecule is CC(=O)Nc1ccc(Nc2cc(Nc3nc4ccccc4n3C)ncn2)cc1. The van der Waals surface area contributed by atoms with Crippen molar-refractivity contribution in [3.05, 3.63) is 60.9 Å². The number of nitrogens with zero attached hydrogens (tertiary/aromatic N) is 4. The van der Waals surface area contributed by atoms with Crippen molar-refractivity contribution in [2.24, 2.45) is 7.05 Å². The molecule has 8 heteroatoms. The molecule has 4 rings (SSSR count). The summed E-state index contributed by atoms with van der Waals surface area (Å²) in [4.78, 5) is 24.2. The molecule has 1 amide bonds. The highest BCUT2D eigenvalue weighted by Gasteiger charge is 2.08. The first-order valence-corrected chi connectivity index (χ1v) is 8.74. The van der Waals surface area contributed by atoms with E-state index in [9.17, 15) is 4.79 Å². The first-order chi connectivity index (χ1) is 13.6. The Hall–Kier alpha value is -3.94. The van der Waals surface area contributed by atoms with Crippen LogP contribution in [0.4, 0.5) is 29.0 Å². The minimum Gasteiger partial charge on any atom is -0.340 e. The molecule has 0 fully saturated rings. The lowest BCUT2D eigenvalue weighted by molar-refractivity contribution is -0.114. The van der Waals surface area contributed by atoms with Gasteiger partial charge in [-0.15, -0.1) is 0 Å². The first kappa shape index (κ1) is 17.5. The predicted molar refractivity (Wildman–Crippen MR) is 110 cm³/mol. The molecule has 28 heavy (non-hydrogen) atoms. The molecule has 0 aliphatic heterocycles. The molecule has 0 unspecified atom stereocenters. The Morgan fingerprint density at radius 1 is 0.929 bits per heavy atom. The molecule has 2 heterocycles. The van der Waals surface area contributed by atoms with Gasteiger partial charge in [-0.1, -0.05) is 12.1 Å². The maximum atomic E-state index is 11.1. The maximum Gasteiger partial charge on any atom is 0.221 e. The minimum atomic E-state index is -0.103. The Morgan fingerprint density at radius 3 is 2.32 bits per heavy atom. The largest absolute Gasteiger partial charge is 0.340 e. The zero-order valence-corrected chi connectivity index (χ0v) is 15.5. The number of aromatic nitrogens is 4. The molecule has 0 atom stereocenters. The Labute approximate surface area is 161 Å². The summed E-state index contributed by atoms with van der Waals surface area (Å²) in [6.45, 7) is 1.48. The number of imidazole rings is 1. The molecule has 0 aliphatic carbocycles. The molecular weight excluding hydrogens is 354 g/mol. The number of carbonyl (C=O) groups excluding carboxylic acids is 1. The van der Waals surface area contributed by atoms with Crippen molar-refractivity contribution < 1.29 is 4.79 Å². The van der Waals surface area contributed by atoms with Crippen LogP contribution in [0.3, 0.4) is 0 Å². The summed E-state index contributed by atoms with van der Waals surface area (Å²) in [7, 11) is 1.95. The fourth-order valence-electron chi connectivity index (χ4n) is 2.85. The van der Waals surface area contributed by atoms with E-state index in [2.05, 4.69) is 30.9 Å². The minimum absolute atomic E-state index is 0.103. The van der Waals surface area contributed by atoms with Gasteiger partial charge in [0.15, 0.2) is 0 Å². The lowest BCUT2D eigenvalue weighted by Gasteiger charge is -2.09. The van der Waals surface area contributed by atoms with Crippen LogP contribution < -0.4 is 16.0 Å². The molecule has 2 aromatic heterocycles. The van der Waals surface area contributed by atoms with E-state index >= 15 is 0 Å². The monoisotopic (exact) mass is 373 g/mol. The number of benzene rings is 2. The van der Waals surface area contributed by atoms with E-state index in [0.717, 1.165) is 22.4 Å². The Kier molecular flexibility index (Phi) is 4.59. The van der Waals surface area contributed by atoms with Crippen molar-refractivity contribution in [2.75, 3.05) is 16.0 Å². The topological polar surface area (TPSA) is 96.8 Å². The van der Waals surface area contributed by atoms with Crippen molar-refractivity contribution in [1.29, 1.82) is 0 Å². The number of para-hydroxylation sites is 2. The number of nitrogens with one attached hydrogen (secondary N) is 3. The number of hydrogen-bond donors (Lipinski definition) is 3. The van der Waals surface area contributed by atoms with E-state index in [1.54, 1.807) is 6.07 Å². The average Bonchev–Trinajstić information content (AvgIpc) is 2.99. The van der Waals surface area contributed by atoms with Crippen LogP contribution >= 0.6 is 0 Å². The molecule has 0 bridgehead atoms. The van der Waals surface area contributed by atoms with Crippen LogP contribution in [-0.4, -0.2) is 25.4 Å². The van der Waals surface area contributed by atoms with Crippen LogP contribution in [0.1, 0.15) is 6.92 Å². The van der Waals surface area contributed by atoms with Gasteiger partial charge in [-0.3, -0.25) is 4.79 Å². The number of anilines is 5. The number of fused-ring (bicyclic) bond motifs is 1. The number of amides is 1. The molecule has 3 N–H and O–H groups in total. The smallest absolute Gasteiger partial charge is 0.221 e. The second kappa shape index (κ2) is 7.36. The standard InChI is InChI=1S/C20H19N7O/c1-13(28)23-14-7-9-15(10-8-14)24-18-11-19(22-12-21-18)26-20-25-16-5-3-4-6-17(16)27(20)2/h3-12H,1-2H3,(H,23,28)(H2,21,22,24,25,26). The zero-order valence-electron chi connectivity index (χ0n) is 15.5. The van der Waals surface area contributed by atoms with Crippen molar-refractivity contribution >= 4 is 45.9 Å². The van der Waals surface area contributed by atoms with Gasteiger partial charge in [-0.25, -0.2) is 15.0 Å². The second-order valence-corrected chi connectivity index (χ2v) is 6.28. The van der Waals surface area contributed by atoms with Crippen molar-refractivity contribution in [1.82, 2.24) is 19.5 Å². The normalized spacial score (nSPS) is 10.6. The van der Waals surface area contributed by atoms with Crippen molar-refractivity contribution in [3.63, 3.8) is 0 Å². The predicted octanol–water partition coefficient (Wildman–Crippen LogP) is 3.81. The van der Waals surface area contributed by atoms with Crippen LogP contribution in [0.5, 0.6) is 0 Å². The summed E-state index contributed by atoms with van der Waals surface area (Å²) in [6, 6.07) is 17.1. The first-order valence-electron chi connectivity index (χ1n) is 8.74. The molecule has 8 nitrogen and oxygen atoms in total. The third-order valence-electron chi connectivity index (χ3n) is 4.17. The van der Waals surface area contributed by atoms with E-state index in [-0.39, 0.29) is 5.91 Å². The Bertz CT molecular complexity index is 1130. The van der Waals surface area contributed by atoms with Crippen molar-refractivity contribution in [3.8, 4) is 0 Å². The summed E-state index contributed by atoms with van der Waals surface area (Å²) in [5, 5.41) is 9.19. The highest BCUT2D eigenvalue weighted by Crippen LogP contribution is 2.22. The molecular formula is C20H19N7O. The van der Waals surface area contributed by atoms with Gasteiger partial charge in [-0.05, 0) is 36.4 Å². The fraction of sp³-hybridized carbons (Fsp3) is 0.100. The van der Waals surface area contributed by atoms with E-state index in [1.165, 1.54) is 13.3 Å². The number of rotatable bonds is 5. The van der Waals surface area contributed by atoms with Gasteiger partial charge in [0, 0.05) is 31.4 Å². The summed E-state index contributed by atoms with van der Waals surface area (Å²) < 4.78 is 1.98. The number of aryl methyl sites for hydroxylation is 1. The summed E-state index contributed by atoms with van der Waals surface area (Å²) in [6.07, 6.45) is 1.49. The average molecular weight is 373 g/mol. The fourth-order valence-corrected chi connectivity index (χ4v) is 2.85. The zero-order chi connectivity index (χ0) is 19.5. The number of carbonyl (C=O) groups is 1. The molecule has 0 aliphatic rings. The lowest BCUT2D eigenvalue weighted by atomic mass is 10.2. The summed E-state index contributed by atoms with van der Waals surface area (Å²) in [5.41, 5.74) is 3.54. The molecule has 0 radical (unpaired) electrons. The van der Waals surface area contributed by atoms with Crippen LogP contribution in [0.15, 0.2) is 60.9 Å². The third-order valence-corrected chi connectivity index (χ3v) is 4.17. The molecule has 0 saturated heterocycles. The molecule has 0 spiro atoms. The van der Waals surface area contributed by atoms with Crippen LogP contribution in [0.25, 0.3) is 11.0 Å². The molecule has 4 aromatic rings.